The molecule has 1 N–H and O–H groups in total. The van der Waals surface area contributed by atoms with Gasteiger partial charge in [0.1, 0.15) is 0 Å². The number of rotatable bonds is 5. The second kappa shape index (κ2) is 8.42. The number of nitrogens with one attached hydrogen (secondary N) is 1. The van der Waals surface area contributed by atoms with Crippen LogP contribution < -0.4 is 5.32 Å². The standard InChI is InChI=1S/C19H20BrN3O3/c20-17-7-6-15(12-18(17)23(25)26)19(24)21-16-8-10-22(11-9-16)13-14-4-2-1-3-5-14/h1-7,12,16H,8-11,13H2,(H,21,24). The number of piperidine rings is 1. The molecule has 1 aliphatic rings. The lowest BCUT2D eigenvalue weighted by Crippen LogP contribution is -2.44. The lowest BCUT2D eigenvalue weighted by molar-refractivity contribution is -0.385. The predicted molar refractivity (Wildman–Crippen MR) is 103 cm³/mol. The zero-order chi connectivity index (χ0) is 18.5. The Morgan fingerprint density at radius 2 is 1.88 bits per heavy atom. The number of nitro groups is 1. The highest BCUT2D eigenvalue weighted by Crippen LogP contribution is 2.25. The summed E-state index contributed by atoms with van der Waals surface area (Å²) in [5, 5.41) is 14.0. The fourth-order valence-corrected chi connectivity index (χ4v) is 3.53. The van der Waals surface area contributed by atoms with E-state index in [1.807, 2.05) is 18.2 Å². The molecule has 6 nitrogen and oxygen atoms in total. The van der Waals surface area contributed by atoms with Crippen LogP contribution in [0.2, 0.25) is 0 Å². The number of hydrogen-bond acceptors (Lipinski definition) is 4. The number of benzene rings is 2. The van der Waals surface area contributed by atoms with Crippen molar-refractivity contribution in [2.24, 2.45) is 0 Å². The van der Waals surface area contributed by atoms with Crippen molar-refractivity contribution in [3.05, 3.63) is 74.2 Å². The number of amides is 1. The van der Waals surface area contributed by atoms with Gasteiger partial charge in [-0.1, -0.05) is 30.3 Å². The van der Waals surface area contributed by atoms with Crippen LogP contribution >= 0.6 is 15.9 Å². The molecule has 0 unspecified atom stereocenters. The quantitative estimate of drug-likeness (QED) is 0.593. The minimum absolute atomic E-state index is 0.0947. The zero-order valence-corrected chi connectivity index (χ0v) is 15.8. The normalized spacial score (nSPS) is 15.6. The SMILES string of the molecule is O=C(NC1CCN(Cc2ccccc2)CC1)c1ccc(Br)c([N+](=O)[O-])c1. The van der Waals surface area contributed by atoms with E-state index in [9.17, 15) is 14.9 Å². The molecule has 2 aromatic rings. The Kier molecular flexibility index (Phi) is 6.00. The Balaban J connectivity index is 1.53. The number of nitrogens with zero attached hydrogens (tertiary/aromatic N) is 2. The van der Waals surface area contributed by atoms with Crippen LogP contribution in [-0.2, 0) is 6.54 Å². The van der Waals surface area contributed by atoms with Gasteiger partial charge in [0.2, 0.25) is 0 Å². The molecule has 0 aliphatic carbocycles. The predicted octanol–water partition coefficient (Wildman–Crippen LogP) is 3.75. The van der Waals surface area contributed by atoms with Crippen molar-refractivity contribution in [1.82, 2.24) is 10.2 Å². The van der Waals surface area contributed by atoms with Crippen LogP contribution in [0.1, 0.15) is 28.8 Å². The summed E-state index contributed by atoms with van der Waals surface area (Å²) in [6.07, 6.45) is 1.74. The summed E-state index contributed by atoms with van der Waals surface area (Å²) in [6.45, 7) is 2.75. The fourth-order valence-electron chi connectivity index (χ4n) is 3.14. The third-order valence-electron chi connectivity index (χ3n) is 4.58. The summed E-state index contributed by atoms with van der Waals surface area (Å²) in [6, 6.07) is 14.9. The molecule has 0 radical (unpaired) electrons. The first-order valence-corrected chi connectivity index (χ1v) is 9.33. The van der Waals surface area contributed by atoms with E-state index in [0.717, 1.165) is 32.5 Å². The largest absolute Gasteiger partial charge is 0.349 e. The van der Waals surface area contributed by atoms with Crippen molar-refractivity contribution in [3.8, 4) is 0 Å². The second-order valence-corrected chi connectivity index (χ2v) is 7.29. The molecule has 0 spiro atoms. The maximum atomic E-state index is 12.4. The minimum Gasteiger partial charge on any atom is -0.349 e. The summed E-state index contributed by atoms with van der Waals surface area (Å²) >= 11 is 3.13. The van der Waals surface area contributed by atoms with Gasteiger partial charge in [-0.25, -0.2) is 0 Å². The monoisotopic (exact) mass is 417 g/mol. The number of carbonyl (C=O) groups excluding carboxylic acids is 1. The van der Waals surface area contributed by atoms with Crippen molar-refractivity contribution in [2.45, 2.75) is 25.4 Å². The summed E-state index contributed by atoms with van der Waals surface area (Å²) in [7, 11) is 0. The molecular weight excluding hydrogens is 398 g/mol. The van der Waals surface area contributed by atoms with Gasteiger partial charge in [0.25, 0.3) is 11.6 Å². The first-order chi connectivity index (χ1) is 12.5. The highest BCUT2D eigenvalue weighted by Gasteiger charge is 2.22. The molecule has 136 valence electrons. The molecule has 0 aromatic heterocycles. The maximum absolute atomic E-state index is 12.4. The van der Waals surface area contributed by atoms with Gasteiger partial charge in [-0.3, -0.25) is 19.8 Å². The van der Waals surface area contributed by atoms with E-state index in [0.29, 0.717) is 10.0 Å². The van der Waals surface area contributed by atoms with Crippen LogP contribution in [0, 0.1) is 10.1 Å². The topological polar surface area (TPSA) is 75.5 Å². The van der Waals surface area contributed by atoms with E-state index in [2.05, 4.69) is 38.3 Å². The average molecular weight is 418 g/mol. The first kappa shape index (κ1) is 18.5. The number of carbonyl (C=O) groups is 1. The Hall–Kier alpha value is -2.25. The summed E-state index contributed by atoms with van der Waals surface area (Å²) in [5.74, 6) is -0.262. The highest BCUT2D eigenvalue weighted by molar-refractivity contribution is 9.10. The first-order valence-electron chi connectivity index (χ1n) is 8.54. The van der Waals surface area contributed by atoms with Crippen LogP contribution in [0.3, 0.4) is 0 Å². The molecule has 1 amide bonds. The van der Waals surface area contributed by atoms with Crippen molar-refractivity contribution >= 4 is 27.5 Å². The second-order valence-electron chi connectivity index (χ2n) is 6.43. The average Bonchev–Trinajstić information content (AvgIpc) is 2.64. The smallest absolute Gasteiger partial charge is 0.284 e. The molecule has 1 saturated heterocycles. The number of nitro benzene ring substituents is 1. The van der Waals surface area contributed by atoms with Crippen LogP contribution in [0.5, 0.6) is 0 Å². The third-order valence-corrected chi connectivity index (χ3v) is 5.25. The Morgan fingerprint density at radius 1 is 1.19 bits per heavy atom. The van der Waals surface area contributed by atoms with Crippen LogP contribution in [-0.4, -0.2) is 34.9 Å². The summed E-state index contributed by atoms with van der Waals surface area (Å²) in [4.78, 5) is 25.3. The molecule has 26 heavy (non-hydrogen) atoms. The lowest BCUT2D eigenvalue weighted by atomic mass is 10.0. The fraction of sp³-hybridized carbons (Fsp3) is 0.316. The molecule has 0 atom stereocenters. The van der Waals surface area contributed by atoms with Gasteiger partial charge in [-0.05, 0) is 46.5 Å². The number of likely N-dealkylation sites (tertiary alicyclic amines) is 1. The molecule has 0 saturated carbocycles. The molecular formula is C19H20BrN3O3. The van der Waals surface area contributed by atoms with E-state index in [1.165, 1.54) is 17.7 Å². The molecule has 1 aliphatic heterocycles. The number of hydrogen-bond donors (Lipinski definition) is 1. The van der Waals surface area contributed by atoms with Gasteiger partial charge in [0.15, 0.2) is 0 Å². The van der Waals surface area contributed by atoms with Crippen molar-refractivity contribution < 1.29 is 9.72 Å². The number of halogens is 1. The van der Waals surface area contributed by atoms with Crippen LogP contribution in [0.15, 0.2) is 53.0 Å². The van der Waals surface area contributed by atoms with E-state index < -0.39 is 4.92 Å². The van der Waals surface area contributed by atoms with Crippen molar-refractivity contribution in [1.29, 1.82) is 0 Å². The molecule has 7 heteroatoms. The Bertz CT molecular complexity index is 790. The highest BCUT2D eigenvalue weighted by atomic mass is 79.9. The minimum atomic E-state index is -0.497. The van der Waals surface area contributed by atoms with Crippen LogP contribution in [0.25, 0.3) is 0 Å². The van der Waals surface area contributed by atoms with Gasteiger partial charge in [0, 0.05) is 37.3 Å². The van der Waals surface area contributed by atoms with Crippen molar-refractivity contribution in [2.75, 3.05) is 13.1 Å². The Morgan fingerprint density at radius 3 is 2.54 bits per heavy atom. The summed E-state index contributed by atoms with van der Waals surface area (Å²) in [5.41, 5.74) is 1.50. The molecule has 3 rings (SSSR count). The van der Waals surface area contributed by atoms with Gasteiger partial charge in [0.05, 0.1) is 9.40 Å². The van der Waals surface area contributed by atoms with E-state index in [1.54, 1.807) is 6.07 Å². The molecule has 1 heterocycles. The molecule has 2 aromatic carbocycles. The van der Waals surface area contributed by atoms with Gasteiger partial charge in [-0.2, -0.15) is 0 Å². The Labute approximate surface area is 160 Å². The van der Waals surface area contributed by atoms with Crippen LogP contribution in [0.4, 0.5) is 5.69 Å². The van der Waals surface area contributed by atoms with E-state index in [-0.39, 0.29) is 17.6 Å². The maximum Gasteiger partial charge on any atom is 0.284 e. The van der Waals surface area contributed by atoms with Gasteiger partial charge < -0.3 is 5.32 Å². The van der Waals surface area contributed by atoms with Gasteiger partial charge >= 0.3 is 0 Å². The van der Waals surface area contributed by atoms with E-state index in [4.69, 9.17) is 0 Å². The summed E-state index contributed by atoms with van der Waals surface area (Å²) < 4.78 is 0.369. The lowest BCUT2D eigenvalue weighted by Gasteiger charge is -2.32. The molecule has 1 fully saturated rings. The zero-order valence-electron chi connectivity index (χ0n) is 14.2. The van der Waals surface area contributed by atoms with Crippen molar-refractivity contribution in [3.63, 3.8) is 0 Å². The van der Waals surface area contributed by atoms with Gasteiger partial charge in [-0.15, -0.1) is 0 Å². The third kappa shape index (κ3) is 4.68. The van der Waals surface area contributed by atoms with E-state index >= 15 is 0 Å². The molecule has 0 bridgehead atoms.